The fourth-order valence-electron chi connectivity index (χ4n) is 3.91. The first-order valence-corrected chi connectivity index (χ1v) is 10.3. The second-order valence-corrected chi connectivity index (χ2v) is 8.38. The second-order valence-electron chi connectivity index (χ2n) is 7.46. The molecule has 0 radical (unpaired) electrons. The molecule has 140 valence electrons. The van der Waals surface area contributed by atoms with Gasteiger partial charge in [-0.1, -0.05) is 34.5 Å². The van der Waals surface area contributed by atoms with E-state index in [-0.39, 0.29) is 23.9 Å². The molecule has 1 saturated carbocycles. The minimum atomic E-state index is -0.211. The van der Waals surface area contributed by atoms with Crippen LogP contribution in [0.2, 0.25) is 0 Å². The predicted molar refractivity (Wildman–Crippen MR) is 102 cm³/mol. The van der Waals surface area contributed by atoms with Crippen molar-refractivity contribution in [3.05, 3.63) is 34.3 Å². The molecule has 26 heavy (non-hydrogen) atoms. The average Bonchev–Trinajstić information content (AvgIpc) is 3.10. The first kappa shape index (κ1) is 17.9. The first-order valence-electron chi connectivity index (χ1n) is 9.46. The molecule has 2 saturated heterocycles. The molecule has 2 unspecified atom stereocenters. The quantitative estimate of drug-likeness (QED) is 0.782. The summed E-state index contributed by atoms with van der Waals surface area (Å²) in [5.74, 6) is 0.664. The van der Waals surface area contributed by atoms with Crippen LogP contribution in [0.4, 0.5) is 0 Å². The Morgan fingerprint density at radius 1 is 0.923 bits per heavy atom. The Kier molecular flexibility index (Phi) is 5.29. The van der Waals surface area contributed by atoms with E-state index >= 15 is 0 Å². The van der Waals surface area contributed by atoms with E-state index in [1.807, 2.05) is 21.9 Å². The van der Waals surface area contributed by atoms with E-state index in [0.29, 0.717) is 32.1 Å². The number of carbonyl (C=O) groups excluding carboxylic acids is 2. The van der Waals surface area contributed by atoms with Crippen LogP contribution in [-0.2, 0) is 9.59 Å². The van der Waals surface area contributed by atoms with Crippen molar-refractivity contribution in [2.75, 3.05) is 26.2 Å². The number of hydrogen-bond donors (Lipinski definition) is 2. The maximum Gasteiger partial charge on any atom is 0.241 e. The molecule has 2 N–H and O–H groups in total. The van der Waals surface area contributed by atoms with E-state index in [9.17, 15) is 9.59 Å². The number of carbonyl (C=O) groups is 2. The van der Waals surface area contributed by atoms with Crippen LogP contribution in [0.25, 0.3) is 0 Å². The Morgan fingerprint density at radius 2 is 1.54 bits per heavy atom. The lowest BCUT2D eigenvalue weighted by atomic mass is 9.84. The van der Waals surface area contributed by atoms with Gasteiger partial charge in [-0.15, -0.1) is 0 Å². The van der Waals surface area contributed by atoms with E-state index in [2.05, 4.69) is 38.9 Å². The lowest BCUT2D eigenvalue weighted by molar-refractivity contribution is -0.144. The van der Waals surface area contributed by atoms with E-state index in [1.54, 1.807) is 0 Å². The molecule has 0 aromatic heterocycles. The first-order chi connectivity index (χ1) is 12.6. The van der Waals surface area contributed by atoms with Gasteiger partial charge in [0, 0.05) is 42.6 Å². The summed E-state index contributed by atoms with van der Waals surface area (Å²) >= 11 is 3.45. The summed E-state index contributed by atoms with van der Waals surface area (Å²) in [7, 11) is 0. The maximum absolute atomic E-state index is 12.8. The fraction of sp³-hybridized carbons (Fsp3) is 0.579. The number of nitrogens with one attached hydrogen (secondary N) is 2. The van der Waals surface area contributed by atoms with Gasteiger partial charge in [0.2, 0.25) is 11.8 Å². The lowest BCUT2D eigenvalue weighted by Gasteiger charge is -2.38. The van der Waals surface area contributed by atoms with Gasteiger partial charge >= 0.3 is 0 Å². The van der Waals surface area contributed by atoms with E-state index < -0.39 is 0 Å². The van der Waals surface area contributed by atoms with Gasteiger partial charge in [0.15, 0.2) is 0 Å². The molecule has 1 aromatic rings. The fourth-order valence-corrected chi connectivity index (χ4v) is 4.18. The van der Waals surface area contributed by atoms with Crippen LogP contribution in [0.3, 0.4) is 0 Å². The molecule has 4 rings (SSSR count). The molecule has 2 aliphatic heterocycles. The number of nitrogens with zero attached hydrogens (tertiary/aromatic N) is 2. The lowest BCUT2D eigenvalue weighted by Crippen LogP contribution is -2.55. The van der Waals surface area contributed by atoms with Crippen molar-refractivity contribution < 1.29 is 9.59 Å². The zero-order valence-corrected chi connectivity index (χ0v) is 16.4. The predicted octanol–water partition coefficient (Wildman–Crippen LogP) is 1.83. The molecule has 3 fully saturated rings. The summed E-state index contributed by atoms with van der Waals surface area (Å²) in [6.07, 6.45) is 3.98. The third-order valence-corrected chi connectivity index (χ3v) is 6.36. The normalized spacial score (nSPS) is 26.7. The number of rotatable bonds is 3. The standard InChI is InChI=1S/C19H25BrN4O2/c20-15-6-4-13(5-7-15)16-12-17(22-21-16)19(26)24-10-8-23(9-11-24)18(25)14-2-1-3-14/h4-7,14,16-17,21-22H,1-3,8-12H2. The van der Waals surface area contributed by atoms with Gasteiger partial charge in [0.1, 0.15) is 6.04 Å². The Morgan fingerprint density at radius 3 is 2.12 bits per heavy atom. The SMILES string of the molecule is O=C(C1CCC1)N1CCN(C(=O)C2CC(c3ccc(Br)cc3)NN2)CC1. The third kappa shape index (κ3) is 3.66. The van der Waals surface area contributed by atoms with Crippen LogP contribution in [0, 0.1) is 5.92 Å². The van der Waals surface area contributed by atoms with Crippen LogP contribution < -0.4 is 10.9 Å². The van der Waals surface area contributed by atoms with Gasteiger partial charge in [0.25, 0.3) is 0 Å². The molecule has 2 atom stereocenters. The van der Waals surface area contributed by atoms with Crippen molar-refractivity contribution in [2.24, 2.45) is 5.92 Å². The summed E-state index contributed by atoms with van der Waals surface area (Å²) in [6, 6.07) is 8.10. The van der Waals surface area contributed by atoms with Crippen LogP contribution in [0.1, 0.15) is 37.3 Å². The van der Waals surface area contributed by atoms with E-state index in [1.165, 1.54) is 12.0 Å². The molecule has 1 aliphatic carbocycles. The van der Waals surface area contributed by atoms with Crippen molar-refractivity contribution in [1.29, 1.82) is 0 Å². The van der Waals surface area contributed by atoms with Gasteiger partial charge in [-0.05, 0) is 37.0 Å². The van der Waals surface area contributed by atoms with Gasteiger partial charge in [-0.3, -0.25) is 9.59 Å². The highest BCUT2D eigenvalue weighted by molar-refractivity contribution is 9.10. The molecule has 2 heterocycles. The molecule has 7 heteroatoms. The summed E-state index contributed by atoms with van der Waals surface area (Å²) in [4.78, 5) is 29.0. The zero-order valence-electron chi connectivity index (χ0n) is 14.8. The van der Waals surface area contributed by atoms with Crippen molar-refractivity contribution in [3.8, 4) is 0 Å². The number of hydrogen-bond acceptors (Lipinski definition) is 4. The number of piperazine rings is 1. The topological polar surface area (TPSA) is 64.7 Å². The number of halogens is 1. The largest absolute Gasteiger partial charge is 0.339 e. The van der Waals surface area contributed by atoms with Crippen molar-refractivity contribution in [2.45, 2.75) is 37.8 Å². The molecular formula is C19H25BrN4O2. The monoisotopic (exact) mass is 420 g/mol. The molecule has 6 nitrogen and oxygen atoms in total. The highest BCUT2D eigenvalue weighted by atomic mass is 79.9. The Labute approximate surface area is 162 Å². The van der Waals surface area contributed by atoms with Crippen LogP contribution in [-0.4, -0.2) is 53.8 Å². The van der Waals surface area contributed by atoms with Crippen LogP contribution in [0.15, 0.2) is 28.7 Å². The number of amides is 2. The molecule has 3 aliphatic rings. The van der Waals surface area contributed by atoms with Gasteiger partial charge < -0.3 is 9.80 Å². The highest BCUT2D eigenvalue weighted by Gasteiger charge is 2.36. The second kappa shape index (κ2) is 7.66. The van der Waals surface area contributed by atoms with E-state index in [0.717, 1.165) is 23.7 Å². The highest BCUT2D eigenvalue weighted by Crippen LogP contribution is 2.29. The molecular weight excluding hydrogens is 396 g/mol. The van der Waals surface area contributed by atoms with E-state index in [4.69, 9.17) is 0 Å². The Bertz CT molecular complexity index is 669. The van der Waals surface area contributed by atoms with Gasteiger partial charge in [-0.25, -0.2) is 10.9 Å². The third-order valence-electron chi connectivity index (χ3n) is 5.83. The Hall–Kier alpha value is -1.44. The summed E-state index contributed by atoms with van der Waals surface area (Å²) in [6.45, 7) is 2.60. The van der Waals surface area contributed by atoms with Crippen LogP contribution >= 0.6 is 15.9 Å². The van der Waals surface area contributed by atoms with Crippen molar-refractivity contribution in [3.63, 3.8) is 0 Å². The summed E-state index contributed by atoms with van der Waals surface area (Å²) in [5, 5.41) is 0. The zero-order chi connectivity index (χ0) is 18.1. The average molecular weight is 421 g/mol. The van der Waals surface area contributed by atoms with Crippen molar-refractivity contribution in [1.82, 2.24) is 20.7 Å². The summed E-state index contributed by atoms with van der Waals surface area (Å²) < 4.78 is 1.05. The van der Waals surface area contributed by atoms with Gasteiger partial charge in [0.05, 0.1) is 0 Å². The molecule has 1 aromatic carbocycles. The molecule has 0 bridgehead atoms. The van der Waals surface area contributed by atoms with Crippen LogP contribution in [0.5, 0.6) is 0 Å². The Balaban J connectivity index is 1.28. The smallest absolute Gasteiger partial charge is 0.241 e. The van der Waals surface area contributed by atoms with Crippen molar-refractivity contribution >= 4 is 27.7 Å². The number of benzene rings is 1. The summed E-state index contributed by atoms with van der Waals surface area (Å²) in [5.41, 5.74) is 7.57. The van der Waals surface area contributed by atoms with Gasteiger partial charge in [-0.2, -0.15) is 0 Å². The molecule has 0 spiro atoms. The minimum absolute atomic E-state index is 0.132. The molecule has 2 amide bonds. The minimum Gasteiger partial charge on any atom is -0.339 e. The number of hydrazine groups is 1. The maximum atomic E-state index is 12.8.